The van der Waals surface area contributed by atoms with Crippen molar-refractivity contribution in [3.8, 4) is 0 Å². The zero-order chi connectivity index (χ0) is 11.4. The highest BCUT2D eigenvalue weighted by Crippen LogP contribution is 2.40. The number of amidine groups is 1. The van der Waals surface area contributed by atoms with Crippen LogP contribution in [0.15, 0.2) is 29.3 Å². The zero-order valence-corrected chi connectivity index (χ0v) is 9.77. The first-order valence-corrected chi connectivity index (χ1v) is 6.08. The number of hydrogen-bond acceptors (Lipinski definition) is 3. The molecule has 4 rings (SSSR count). The average Bonchev–Trinajstić information content (AvgIpc) is 2.77. The molecule has 2 aliphatic rings. The minimum absolute atomic E-state index is 1.04. The summed E-state index contributed by atoms with van der Waals surface area (Å²) < 4.78 is 0. The minimum Gasteiger partial charge on any atom is -0.329 e. The number of aliphatic imine (C=N–C) groups is 1. The first-order chi connectivity index (χ1) is 8.33. The molecule has 1 saturated heterocycles. The number of nitrogens with zero attached hydrogens (tertiary/aromatic N) is 3. The van der Waals surface area contributed by atoms with Gasteiger partial charge in [-0.1, -0.05) is 6.07 Å². The van der Waals surface area contributed by atoms with Crippen molar-refractivity contribution >= 4 is 28.1 Å². The second-order valence-electron chi connectivity index (χ2n) is 4.74. The van der Waals surface area contributed by atoms with E-state index in [2.05, 4.69) is 34.1 Å². The normalized spacial score (nSPS) is 17.2. The van der Waals surface area contributed by atoms with Gasteiger partial charge in [0.2, 0.25) is 0 Å². The Kier molecular flexibility index (Phi) is 1.65. The lowest BCUT2D eigenvalue weighted by atomic mass is 10.1. The molecule has 0 radical (unpaired) electrons. The molecule has 3 heteroatoms. The number of fused-ring (bicyclic) bond motifs is 2. The third-order valence-electron chi connectivity index (χ3n) is 3.55. The maximum atomic E-state index is 4.79. The minimum atomic E-state index is 1.04. The Balaban J connectivity index is 2.15. The molecule has 84 valence electrons. The summed E-state index contributed by atoms with van der Waals surface area (Å²) in [6.45, 7) is 3.12. The first-order valence-electron chi connectivity index (χ1n) is 6.08. The van der Waals surface area contributed by atoms with Crippen molar-refractivity contribution in [2.24, 2.45) is 4.99 Å². The molecule has 0 bridgehead atoms. The van der Waals surface area contributed by atoms with Crippen molar-refractivity contribution in [3.05, 3.63) is 30.0 Å². The Labute approximate surface area is 99.8 Å². The number of anilines is 1. The Morgan fingerprint density at radius 1 is 1.29 bits per heavy atom. The summed E-state index contributed by atoms with van der Waals surface area (Å²) >= 11 is 0. The molecular weight excluding hydrogens is 210 g/mol. The van der Waals surface area contributed by atoms with Crippen LogP contribution in [0.1, 0.15) is 18.5 Å². The molecule has 1 aromatic heterocycles. The molecule has 2 aliphatic heterocycles. The van der Waals surface area contributed by atoms with Crippen LogP contribution in [0.3, 0.4) is 0 Å². The fourth-order valence-corrected chi connectivity index (χ4v) is 2.86. The summed E-state index contributed by atoms with van der Waals surface area (Å²) in [6.07, 6.45) is 2.30. The molecule has 2 aromatic rings. The fraction of sp³-hybridized carbons (Fsp3) is 0.286. The van der Waals surface area contributed by atoms with Crippen LogP contribution in [0.4, 0.5) is 11.4 Å². The molecule has 0 atom stereocenters. The van der Waals surface area contributed by atoms with Crippen molar-refractivity contribution in [1.29, 1.82) is 0 Å². The molecule has 1 aromatic carbocycles. The summed E-state index contributed by atoms with van der Waals surface area (Å²) in [7, 11) is 0. The molecule has 3 nitrogen and oxygen atoms in total. The summed E-state index contributed by atoms with van der Waals surface area (Å²) in [6, 6.07) is 8.44. The Morgan fingerprint density at radius 3 is 3.18 bits per heavy atom. The van der Waals surface area contributed by atoms with E-state index in [1.807, 2.05) is 6.92 Å². The molecule has 3 heterocycles. The second-order valence-corrected chi connectivity index (χ2v) is 4.74. The SMILES string of the molecule is Cc1cc2c3c(cccc3n1)N1CCCC1=N2. The van der Waals surface area contributed by atoms with Crippen molar-refractivity contribution in [2.75, 3.05) is 11.4 Å². The van der Waals surface area contributed by atoms with Gasteiger partial charge < -0.3 is 4.90 Å². The maximum Gasteiger partial charge on any atom is 0.109 e. The van der Waals surface area contributed by atoms with E-state index < -0.39 is 0 Å². The second kappa shape index (κ2) is 3.06. The van der Waals surface area contributed by atoms with Crippen LogP contribution in [0.5, 0.6) is 0 Å². The first kappa shape index (κ1) is 9.16. The number of rotatable bonds is 0. The van der Waals surface area contributed by atoms with E-state index in [0.717, 1.165) is 29.9 Å². The van der Waals surface area contributed by atoms with Gasteiger partial charge >= 0.3 is 0 Å². The van der Waals surface area contributed by atoms with Crippen molar-refractivity contribution in [1.82, 2.24) is 4.98 Å². The lowest BCUT2D eigenvalue weighted by molar-refractivity contribution is 0.958. The summed E-state index contributed by atoms with van der Waals surface area (Å²) in [4.78, 5) is 11.7. The van der Waals surface area contributed by atoms with Gasteiger partial charge in [0.05, 0.1) is 16.9 Å². The summed E-state index contributed by atoms with van der Waals surface area (Å²) in [5, 5.41) is 1.21. The molecule has 1 fully saturated rings. The average molecular weight is 223 g/mol. The third-order valence-corrected chi connectivity index (χ3v) is 3.55. The van der Waals surface area contributed by atoms with E-state index in [9.17, 15) is 0 Å². The maximum absolute atomic E-state index is 4.79. The summed E-state index contributed by atoms with van der Waals surface area (Å²) in [5.41, 5.74) is 4.48. The van der Waals surface area contributed by atoms with Crippen LogP contribution in [-0.4, -0.2) is 17.4 Å². The van der Waals surface area contributed by atoms with Gasteiger partial charge in [0.25, 0.3) is 0 Å². The number of aromatic nitrogens is 1. The number of hydrogen-bond donors (Lipinski definition) is 0. The van der Waals surface area contributed by atoms with E-state index in [4.69, 9.17) is 4.99 Å². The van der Waals surface area contributed by atoms with E-state index >= 15 is 0 Å². The molecule has 0 aliphatic carbocycles. The van der Waals surface area contributed by atoms with E-state index in [1.54, 1.807) is 0 Å². The molecular formula is C14H13N3. The predicted molar refractivity (Wildman–Crippen MR) is 70.2 cm³/mol. The highest BCUT2D eigenvalue weighted by molar-refractivity contribution is 6.14. The quantitative estimate of drug-likeness (QED) is 0.686. The zero-order valence-electron chi connectivity index (χ0n) is 9.77. The van der Waals surface area contributed by atoms with Crippen LogP contribution in [-0.2, 0) is 0 Å². The van der Waals surface area contributed by atoms with Crippen molar-refractivity contribution in [3.63, 3.8) is 0 Å². The van der Waals surface area contributed by atoms with Gasteiger partial charge in [-0.25, -0.2) is 4.99 Å². The Morgan fingerprint density at radius 2 is 2.24 bits per heavy atom. The van der Waals surface area contributed by atoms with Gasteiger partial charge in [0.1, 0.15) is 5.84 Å². The third kappa shape index (κ3) is 1.16. The van der Waals surface area contributed by atoms with Gasteiger partial charge in [-0.3, -0.25) is 4.98 Å². The van der Waals surface area contributed by atoms with Gasteiger partial charge in [-0.2, -0.15) is 0 Å². The number of pyridine rings is 1. The van der Waals surface area contributed by atoms with E-state index in [-0.39, 0.29) is 0 Å². The molecule has 0 N–H and O–H groups in total. The van der Waals surface area contributed by atoms with Crippen LogP contribution in [0, 0.1) is 6.92 Å². The van der Waals surface area contributed by atoms with E-state index in [0.29, 0.717) is 0 Å². The lowest BCUT2D eigenvalue weighted by Crippen LogP contribution is -2.26. The van der Waals surface area contributed by atoms with Gasteiger partial charge in [0.15, 0.2) is 0 Å². The largest absolute Gasteiger partial charge is 0.329 e. The van der Waals surface area contributed by atoms with E-state index in [1.165, 1.54) is 23.3 Å². The van der Waals surface area contributed by atoms with Crippen molar-refractivity contribution < 1.29 is 0 Å². The smallest absolute Gasteiger partial charge is 0.109 e. The van der Waals surface area contributed by atoms with Gasteiger partial charge in [-0.15, -0.1) is 0 Å². The lowest BCUT2D eigenvalue weighted by Gasteiger charge is -2.25. The fourth-order valence-electron chi connectivity index (χ4n) is 2.86. The topological polar surface area (TPSA) is 28.5 Å². The van der Waals surface area contributed by atoms with Crippen LogP contribution < -0.4 is 4.90 Å². The van der Waals surface area contributed by atoms with Crippen molar-refractivity contribution in [2.45, 2.75) is 19.8 Å². The molecule has 17 heavy (non-hydrogen) atoms. The standard InChI is InChI=1S/C14H13N3/c1-9-8-11-14-10(15-9)4-2-5-12(14)17-7-3-6-13(17)16-11/h2,4-5,8H,3,6-7H2,1H3. The Hall–Kier alpha value is -1.90. The monoisotopic (exact) mass is 223 g/mol. The highest BCUT2D eigenvalue weighted by atomic mass is 15.2. The van der Waals surface area contributed by atoms with Crippen LogP contribution in [0.25, 0.3) is 10.9 Å². The molecule has 0 amide bonds. The van der Waals surface area contributed by atoms with Gasteiger partial charge in [-0.05, 0) is 31.5 Å². The number of benzene rings is 1. The van der Waals surface area contributed by atoms with Crippen LogP contribution in [0.2, 0.25) is 0 Å². The van der Waals surface area contributed by atoms with Gasteiger partial charge in [0, 0.05) is 24.0 Å². The van der Waals surface area contributed by atoms with Crippen LogP contribution >= 0.6 is 0 Å². The summed E-state index contributed by atoms with van der Waals surface area (Å²) in [5.74, 6) is 1.22. The number of aryl methyl sites for hydroxylation is 1. The molecule has 0 spiro atoms. The molecule has 0 unspecified atom stereocenters. The molecule has 0 saturated carbocycles. The Bertz CT molecular complexity index is 658. The highest BCUT2D eigenvalue weighted by Gasteiger charge is 2.26. The predicted octanol–water partition coefficient (Wildman–Crippen LogP) is 3.19.